The number of nitrogens with zero attached hydrogens (tertiary/aromatic N) is 2. The second-order valence-corrected chi connectivity index (χ2v) is 14.2. The molecular formula is C30H40F2N3O9P. The van der Waals surface area contributed by atoms with E-state index in [2.05, 4.69) is 5.32 Å². The Balaban J connectivity index is 2.03. The summed E-state index contributed by atoms with van der Waals surface area (Å²) in [6.45, 7) is 10.8. The molecule has 0 fully saturated rings. The van der Waals surface area contributed by atoms with Crippen molar-refractivity contribution in [3.63, 3.8) is 0 Å². The Morgan fingerprint density at radius 2 is 1.78 bits per heavy atom. The van der Waals surface area contributed by atoms with Gasteiger partial charge in [0.05, 0.1) is 30.8 Å². The number of aromatic hydroxyl groups is 1. The highest BCUT2D eigenvalue weighted by Gasteiger charge is 2.49. The maximum atomic E-state index is 14.1. The van der Waals surface area contributed by atoms with Crippen molar-refractivity contribution in [2.24, 2.45) is 5.41 Å². The van der Waals surface area contributed by atoms with Crippen LogP contribution in [0.4, 0.5) is 13.6 Å². The zero-order valence-corrected chi connectivity index (χ0v) is 27.3. The minimum atomic E-state index is -3.64. The van der Waals surface area contributed by atoms with Gasteiger partial charge in [0.1, 0.15) is 28.5 Å². The lowest BCUT2D eigenvalue weighted by Crippen LogP contribution is -2.58. The summed E-state index contributed by atoms with van der Waals surface area (Å²) >= 11 is 0. The van der Waals surface area contributed by atoms with Crippen LogP contribution in [0.1, 0.15) is 74.9 Å². The van der Waals surface area contributed by atoms with Crippen molar-refractivity contribution in [2.45, 2.75) is 73.2 Å². The number of ketones is 1. The van der Waals surface area contributed by atoms with Crippen LogP contribution >= 0.6 is 7.60 Å². The topological polar surface area (TPSA) is 153 Å². The summed E-state index contributed by atoms with van der Waals surface area (Å²) in [5.74, 6) is -4.35. The van der Waals surface area contributed by atoms with Gasteiger partial charge in [-0.15, -0.1) is 0 Å². The fraction of sp³-hybridized carbons (Fsp3) is 0.533. The zero-order valence-electron chi connectivity index (χ0n) is 26.4. The molecule has 1 atom stereocenters. The number of pyridine rings is 1. The number of hydrogen-bond acceptors (Lipinski definition) is 9. The maximum Gasteiger partial charge on any atom is 0.410 e. The van der Waals surface area contributed by atoms with Crippen LogP contribution in [0.25, 0.3) is 0 Å². The van der Waals surface area contributed by atoms with Gasteiger partial charge in [0.15, 0.2) is 11.5 Å². The van der Waals surface area contributed by atoms with Crippen LogP contribution < -0.4 is 10.7 Å². The molecule has 2 aromatic rings. The second kappa shape index (κ2) is 13.8. The average Bonchev–Trinajstić information content (AvgIpc) is 2.92. The number of ether oxygens (including phenoxy) is 1. The summed E-state index contributed by atoms with van der Waals surface area (Å²) in [5.41, 5.74) is -4.41. The SMILES string of the molecule is CCOP(=O)(CCN(C(=O)OC(C)(C)C)C1Cn2cc(C(=O)NCc3ccc(F)cc3F)c(=O)c(O)c2C(=O)C1(C)C)OCC. The number of amides is 2. The van der Waals surface area contributed by atoms with Crippen molar-refractivity contribution in [1.82, 2.24) is 14.8 Å². The number of halogens is 2. The van der Waals surface area contributed by atoms with Crippen molar-refractivity contribution in [2.75, 3.05) is 25.9 Å². The van der Waals surface area contributed by atoms with E-state index in [0.29, 0.717) is 6.07 Å². The molecule has 15 heteroatoms. The standard InChI is InChI=1S/C30H40F2N3O9P/c1-8-42-45(41,43-9-2)13-12-35(28(40)44-29(3,4)5)22-17-34-16-20(24(36)25(37)23(34)26(38)30(22,6)7)27(39)33-15-18-10-11-19(31)14-21(18)32/h10-11,14,16,22,37H,8-9,12-13,15,17H2,1-7H3,(H,33,39). The molecule has 1 aliphatic rings. The molecule has 2 heterocycles. The first-order valence-corrected chi connectivity index (χ1v) is 16.2. The first-order valence-electron chi connectivity index (χ1n) is 14.5. The van der Waals surface area contributed by atoms with Gasteiger partial charge in [-0.05, 0) is 40.7 Å². The van der Waals surface area contributed by atoms with E-state index >= 15 is 0 Å². The number of hydrogen-bond donors (Lipinski definition) is 2. The van der Waals surface area contributed by atoms with Crippen molar-refractivity contribution in [3.8, 4) is 5.75 Å². The average molecular weight is 656 g/mol. The van der Waals surface area contributed by atoms with Crippen LogP contribution in [0.15, 0.2) is 29.2 Å². The van der Waals surface area contributed by atoms with Crippen LogP contribution in [0, 0.1) is 17.0 Å². The number of aromatic nitrogens is 1. The van der Waals surface area contributed by atoms with E-state index in [1.807, 2.05) is 0 Å². The fourth-order valence-electron chi connectivity index (χ4n) is 4.97. The van der Waals surface area contributed by atoms with E-state index in [-0.39, 0.29) is 43.7 Å². The lowest BCUT2D eigenvalue weighted by Gasteiger charge is -2.45. The summed E-state index contributed by atoms with van der Waals surface area (Å²) in [7, 11) is -3.64. The van der Waals surface area contributed by atoms with Crippen LogP contribution in [0.2, 0.25) is 0 Å². The molecule has 1 unspecified atom stereocenters. The number of benzene rings is 1. The number of fused-ring (bicyclic) bond motifs is 1. The van der Waals surface area contributed by atoms with Gasteiger partial charge < -0.3 is 33.7 Å². The molecule has 1 aromatic heterocycles. The molecular weight excluding hydrogens is 615 g/mol. The number of carbonyl (C=O) groups excluding carboxylic acids is 3. The molecule has 0 bridgehead atoms. The van der Waals surface area contributed by atoms with E-state index < -0.39 is 77.4 Å². The van der Waals surface area contributed by atoms with Gasteiger partial charge in [-0.2, -0.15) is 0 Å². The smallest absolute Gasteiger partial charge is 0.410 e. The Hall–Kier alpha value is -3.61. The van der Waals surface area contributed by atoms with E-state index in [1.54, 1.807) is 34.6 Å². The van der Waals surface area contributed by atoms with Crippen molar-refractivity contribution in [3.05, 3.63) is 63.1 Å². The molecule has 12 nitrogen and oxygen atoms in total. The van der Waals surface area contributed by atoms with Gasteiger partial charge in [0.2, 0.25) is 5.43 Å². The van der Waals surface area contributed by atoms with E-state index in [9.17, 15) is 37.6 Å². The van der Waals surface area contributed by atoms with E-state index in [1.165, 1.54) is 23.3 Å². The zero-order chi connectivity index (χ0) is 33.9. The first-order chi connectivity index (χ1) is 20.8. The summed E-state index contributed by atoms with van der Waals surface area (Å²) in [6.07, 6.45) is 0.0396. The van der Waals surface area contributed by atoms with Crippen LogP contribution in [-0.2, 0) is 31.4 Å². The Morgan fingerprint density at radius 3 is 2.33 bits per heavy atom. The highest BCUT2D eigenvalue weighted by Crippen LogP contribution is 2.48. The normalized spacial score (nSPS) is 16.2. The molecule has 1 aromatic carbocycles. The minimum absolute atomic E-state index is 0.0478. The van der Waals surface area contributed by atoms with Crippen molar-refractivity contribution in [1.29, 1.82) is 0 Å². The molecule has 1 aliphatic heterocycles. The van der Waals surface area contributed by atoms with Gasteiger partial charge in [0.25, 0.3) is 5.91 Å². The Bertz CT molecular complexity index is 1560. The van der Waals surface area contributed by atoms with Crippen molar-refractivity contribution >= 4 is 25.4 Å². The largest absolute Gasteiger partial charge is 0.503 e. The van der Waals surface area contributed by atoms with E-state index in [4.69, 9.17) is 13.8 Å². The third kappa shape index (κ3) is 8.16. The highest BCUT2D eigenvalue weighted by atomic mass is 31.2. The molecule has 2 N–H and O–H groups in total. The number of carbonyl (C=O) groups is 3. The van der Waals surface area contributed by atoms with Gasteiger partial charge in [-0.3, -0.25) is 18.9 Å². The second-order valence-electron chi connectivity index (χ2n) is 12.1. The summed E-state index contributed by atoms with van der Waals surface area (Å²) in [6, 6.07) is 1.81. The third-order valence-electron chi connectivity index (χ3n) is 7.23. The third-order valence-corrected chi connectivity index (χ3v) is 9.28. The van der Waals surface area contributed by atoms with Crippen LogP contribution in [0.3, 0.4) is 0 Å². The van der Waals surface area contributed by atoms with Gasteiger partial charge in [-0.25, -0.2) is 13.6 Å². The number of Topliss-reactive ketones (excluding diaryl/α,β-unsaturated/α-hetero) is 1. The number of nitrogens with one attached hydrogen (secondary N) is 1. The summed E-state index contributed by atoms with van der Waals surface area (Å²) in [5, 5.41) is 13.2. The van der Waals surface area contributed by atoms with E-state index in [0.717, 1.165) is 18.3 Å². The molecule has 0 saturated heterocycles. The molecule has 0 aliphatic carbocycles. The Kier molecular flexibility index (Phi) is 11.0. The predicted octanol–water partition coefficient (Wildman–Crippen LogP) is 4.86. The molecule has 3 rings (SSSR count). The first kappa shape index (κ1) is 35.9. The molecule has 2 amide bonds. The van der Waals surface area contributed by atoms with Gasteiger partial charge in [0, 0.05) is 37.5 Å². The Labute approximate surface area is 260 Å². The van der Waals surface area contributed by atoms with Gasteiger partial charge >= 0.3 is 13.7 Å². The Morgan fingerprint density at radius 1 is 1.16 bits per heavy atom. The molecule has 0 spiro atoms. The monoisotopic (exact) mass is 655 g/mol. The molecule has 248 valence electrons. The lowest BCUT2D eigenvalue weighted by molar-refractivity contribution is -0.00275. The molecule has 45 heavy (non-hydrogen) atoms. The highest BCUT2D eigenvalue weighted by molar-refractivity contribution is 7.53. The molecule has 0 saturated carbocycles. The summed E-state index contributed by atoms with van der Waals surface area (Å²) < 4.78 is 58.2. The fourth-order valence-corrected chi connectivity index (χ4v) is 6.55. The van der Waals surface area contributed by atoms with Crippen LogP contribution in [0.5, 0.6) is 5.75 Å². The lowest BCUT2D eigenvalue weighted by atomic mass is 9.75. The van der Waals surface area contributed by atoms with Gasteiger partial charge in [-0.1, -0.05) is 19.9 Å². The summed E-state index contributed by atoms with van der Waals surface area (Å²) in [4.78, 5) is 54.7. The van der Waals surface area contributed by atoms with Crippen molar-refractivity contribution < 1.29 is 46.6 Å². The quantitative estimate of drug-likeness (QED) is 0.323. The predicted molar refractivity (Wildman–Crippen MR) is 160 cm³/mol. The van der Waals surface area contributed by atoms with Crippen LogP contribution in [-0.4, -0.2) is 69.9 Å². The maximum absolute atomic E-state index is 14.1. The minimum Gasteiger partial charge on any atom is -0.503 e. The molecule has 0 radical (unpaired) electrons. The number of rotatable bonds is 11.